The minimum atomic E-state index is -5.18. The number of nitrogens with zero attached hydrogens (tertiary/aromatic N) is 2. The highest BCUT2D eigenvalue weighted by molar-refractivity contribution is 6.31. The summed E-state index contributed by atoms with van der Waals surface area (Å²) in [5, 5.41) is 24.1. The number of carbonyl (C=O) groups excluding carboxylic acids is 1. The zero-order valence-electron chi connectivity index (χ0n) is 22.8. The number of hydrogen-bond acceptors (Lipinski definition) is 6. The van der Waals surface area contributed by atoms with E-state index in [1.54, 1.807) is 7.05 Å². The average molecular weight is 584 g/mol. The molecular formula is C29H37ClF3N3O4. The zero-order valence-corrected chi connectivity index (χ0v) is 23.5. The maximum absolute atomic E-state index is 14.1. The lowest BCUT2D eigenvalue weighted by molar-refractivity contribution is -0.262. The second-order valence-electron chi connectivity index (χ2n) is 10.7. The summed E-state index contributed by atoms with van der Waals surface area (Å²) < 4.78 is 47.3. The Kier molecular flexibility index (Phi) is 9.55. The number of aliphatic hydroxyl groups excluding tert-OH is 1. The van der Waals surface area contributed by atoms with Crippen LogP contribution in [0.4, 0.5) is 18.9 Å². The van der Waals surface area contributed by atoms with Gasteiger partial charge in [0.2, 0.25) is 0 Å². The van der Waals surface area contributed by atoms with Crippen LogP contribution >= 0.6 is 11.6 Å². The normalized spacial score (nSPS) is 19.8. The smallest absolute Gasteiger partial charge is 0.430 e. The third kappa shape index (κ3) is 6.35. The van der Waals surface area contributed by atoms with Crippen LogP contribution < -0.4 is 15.0 Å². The van der Waals surface area contributed by atoms with Gasteiger partial charge in [0.25, 0.3) is 11.5 Å². The van der Waals surface area contributed by atoms with Gasteiger partial charge in [-0.3, -0.25) is 10.1 Å². The van der Waals surface area contributed by atoms with Gasteiger partial charge in [-0.25, -0.2) is 0 Å². The number of aliphatic hydroxyl groups is 2. The van der Waals surface area contributed by atoms with E-state index in [1.807, 2.05) is 18.2 Å². The van der Waals surface area contributed by atoms with E-state index in [0.717, 1.165) is 55.1 Å². The van der Waals surface area contributed by atoms with Gasteiger partial charge in [0.1, 0.15) is 12.0 Å². The summed E-state index contributed by atoms with van der Waals surface area (Å²) in [6.45, 7) is 2.08. The van der Waals surface area contributed by atoms with Gasteiger partial charge >= 0.3 is 6.18 Å². The van der Waals surface area contributed by atoms with Crippen molar-refractivity contribution in [1.82, 2.24) is 10.2 Å². The van der Waals surface area contributed by atoms with E-state index in [9.17, 15) is 28.2 Å². The molecule has 2 aromatic carbocycles. The third-order valence-electron chi connectivity index (χ3n) is 8.31. The molecule has 220 valence electrons. The number of methoxy groups -OCH3 is 1. The molecule has 4 rings (SSSR count). The molecule has 1 amide bonds. The Morgan fingerprint density at radius 1 is 1.07 bits per heavy atom. The van der Waals surface area contributed by atoms with Crippen molar-refractivity contribution < 1.29 is 32.9 Å². The molecule has 40 heavy (non-hydrogen) atoms. The third-order valence-corrected chi connectivity index (χ3v) is 8.63. The van der Waals surface area contributed by atoms with E-state index >= 15 is 0 Å². The number of benzene rings is 2. The molecule has 3 N–H and O–H groups in total. The molecule has 0 aromatic heterocycles. The van der Waals surface area contributed by atoms with Crippen LogP contribution in [0.25, 0.3) is 0 Å². The molecule has 1 unspecified atom stereocenters. The minimum Gasteiger partial charge on any atom is -0.497 e. The highest BCUT2D eigenvalue weighted by Gasteiger charge is 2.62. The number of alkyl halides is 3. The topological polar surface area (TPSA) is 85.3 Å². The van der Waals surface area contributed by atoms with Gasteiger partial charge in [-0.1, -0.05) is 29.8 Å². The number of nitrogens with one attached hydrogen (secondary N) is 1. The van der Waals surface area contributed by atoms with Crippen molar-refractivity contribution in [1.29, 1.82) is 0 Å². The number of carbonyl (C=O) groups is 1. The monoisotopic (exact) mass is 583 g/mol. The van der Waals surface area contributed by atoms with E-state index in [0.29, 0.717) is 35.3 Å². The predicted octanol–water partition coefficient (Wildman–Crippen LogP) is 4.85. The Bertz CT molecular complexity index is 1170. The molecule has 0 aliphatic carbocycles. The fourth-order valence-corrected chi connectivity index (χ4v) is 6.12. The number of rotatable bonds is 8. The SMILES string of the molecule is CNC(O)c1ccc(N2CCC(CC3CCN(C(=O)[C@](O)(c4cccc(OC)c4)C(F)(F)F)CC3)CC2)cc1Cl. The summed E-state index contributed by atoms with van der Waals surface area (Å²) in [4.78, 5) is 16.5. The quantitative estimate of drug-likeness (QED) is 0.385. The van der Waals surface area contributed by atoms with Crippen LogP contribution in [0.5, 0.6) is 5.75 Å². The van der Waals surface area contributed by atoms with E-state index in [2.05, 4.69) is 10.2 Å². The first-order valence-corrected chi connectivity index (χ1v) is 14.0. The highest BCUT2D eigenvalue weighted by Crippen LogP contribution is 2.42. The van der Waals surface area contributed by atoms with Gasteiger partial charge in [0.15, 0.2) is 0 Å². The fraction of sp³-hybridized carbons (Fsp3) is 0.552. The minimum absolute atomic E-state index is 0.130. The second kappa shape index (κ2) is 12.5. The maximum atomic E-state index is 14.1. The lowest BCUT2D eigenvalue weighted by Gasteiger charge is -2.40. The fourth-order valence-electron chi connectivity index (χ4n) is 5.85. The number of likely N-dealkylation sites (tertiary alicyclic amines) is 1. The van der Waals surface area contributed by atoms with Crippen molar-refractivity contribution in [3.63, 3.8) is 0 Å². The van der Waals surface area contributed by atoms with E-state index in [4.69, 9.17) is 16.3 Å². The van der Waals surface area contributed by atoms with Gasteiger partial charge in [-0.15, -0.1) is 0 Å². The summed E-state index contributed by atoms with van der Waals surface area (Å²) in [6, 6.07) is 10.6. The van der Waals surface area contributed by atoms with Crippen molar-refractivity contribution in [2.75, 3.05) is 45.2 Å². The Balaban J connectivity index is 1.31. The van der Waals surface area contributed by atoms with Crippen molar-refractivity contribution >= 4 is 23.2 Å². The van der Waals surface area contributed by atoms with Gasteiger partial charge in [-0.2, -0.15) is 13.2 Å². The van der Waals surface area contributed by atoms with E-state index in [-0.39, 0.29) is 18.8 Å². The first-order chi connectivity index (χ1) is 19.0. The number of ether oxygens (including phenoxy) is 1. The zero-order chi connectivity index (χ0) is 29.1. The molecule has 0 spiro atoms. The van der Waals surface area contributed by atoms with Gasteiger partial charge in [0.05, 0.1) is 7.11 Å². The summed E-state index contributed by atoms with van der Waals surface area (Å²) >= 11 is 6.38. The van der Waals surface area contributed by atoms with Gasteiger partial charge < -0.3 is 24.7 Å². The molecule has 7 nitrogen and oxygen atoms in total. The number of halogens is 4. The summed E-state index contributed by atoms with van der Waals surface area (Å²) in [5.41, 5.74) is -2.54. The van der Waals surface area contributed by atoms with E-state index < -0.39 is 29.5 Å². The van der Waals surface area contributed by atoms with Crippen LogP contribution in [0.2, 0.25) is 5.02 Å². The molecule has 2 aliphatic heterocycles. The predicted molar refractivity (Wildman–Crippen MR) is 147 cm³/mol. The Hall–Kier alpha value is -2.53. The molecule has 0 saturated carbocycles. The van der Waals surface area contributed by atoms with Crippen molar-refractivity contribution in [2.24, 2.45) is 11.8 Å². The van der Waals surface area contributed by atoms with Crippen molar-refractivity contribution in [2.45, 2.75) is 50.1 Å². The van der Waals surface area contributed by atoms with Gasteiger partial charge in [-0.05, 0) is 75.3 Å². The first-order valence-electron chi connectivity index (χ1n) is 13.6. The number of anilines is 1. The van der Waals surface area contributed by atoms with Crippen LogP contribution in [-0.2, 0) is 10.4 Å². The largest absolute Gasteiger partial charge is 0.497 e. The molecule has 2 aliphatic rings. The van der Waals surface area contributed by atoms with Crippen LogP contribution in [0.3, 0.4) is 0 Å². The molecule has 0 radical (unpaired) electrons. The van der Waals surface area contributed by atoms with Crippen molar-refractivity contribution in [3.05, 3.63) is 58.6 Å². The Morgan fingerprint density at radius 2 is 1.70 bits per heavy atom. The molecular weight excluding hydrogens is 547 g/mol. The molecule has 2 aromatic rings. The average Bonchev–Trinajstić information content (AvgIpc) is 2.96. The highest BCUT2D eigenvalue weighted by atomic mass is 35.5. The summed E-state index contributed by atoms with van der Waals surface area (Å²) in [5.74, 6) is -0.404. The summed E-state index contributed by atoms with van der Waals surface area (Å²) in [6.07, 6.45) is -1.87. The van der Waals surface area contributed by atoms with Crippen LogP contribution in [-0.4, -0.2) is 67.5 Å². The molecule has 11 heteroatoms. The Labute approximate surface area is 237 Å². The van der Waals surface area contributed by atoms with Crippen LogP contribution in [0.1, 0.15) is 49.5 Å². The molecule has 2 fully saturated rings. The number of hydrogen-bond donors (Lipinski definition) is 3. The molecule has 2 atom stereocenters. The van der Waals surface area contributed by atoms with Crippen LogP contribution in [0.15, 0.2) is 42.5 Å². The lowest BCUT2D eigenvalue weighted by Crippen LogP contribution is -2.57. The Morgan fingerprint density at radius 3 is 2.25 bits per heavy atom. The first kappa shape index (κ1) is 30.4. The molecule has 0 bridgehead atoms. The van der Waals surface area contributed by atoms with E-state index in [1.165, 1.54) is 19.2 Å². The second-order valence-corrected chi connectivity index (χ2v) is 11.1. The van der Waals surface area contributed by atoms with Crippen molar-refractivity contribution in [3.8, 4) is 5.75 Å². The molecule has 2 heterocycles. The van der Waals surface area contributed by atoms with Crippen LogP contribution in [0, 0.1) is 11.8 Å². The summed E-state index contributed by atoms with van der Waals surface area (Å²) in [7, 11) is 2.97. The van der Waals surface area contributed by atoms with Gasteiger partial charge in [0, 0.05) is 48.0 Å². The number of piperidine rings is 2. The standard InChI is InChI=1S/C29H37ClF3N3O4/c1-34-26(37)24-7-6-22(18-25(24)30)35-12-8-19(9-13-35)16-20-10-14-36(15-11-20)27(38)28(39,29(31,32)33)21-4-3-5-23(17-21)40-2/h3-7,17-20,26,34,37,39H,8-16H2,1-2H3/t26?,28-/m1/s1. The number of amides is 1. The molecule has 2 saturated heterocycles. The maximum Gasteiger partial charge on any atom is 0.430 e. The lowest BCUT2D eigenvalue weighted by atomic mass is 9.82.